The molecule has 3 nitrogen and oxygen atoms in total. The van der Waals surface area contributed by atoms with Crippen LogP contribution in [-0.2, 0) is 4.74 Å². The number of carbonyl (C=O) groups excluding carboxylic acids is 1. The Hall–Kier alpha value is -2.34. The lowest BCUT2D eigenvalue weighted by Gasteiger charge is -2.25. The van der Waals surface area contributed by atoms with E-state index in [1.54, 1.807) is 24.3 Å². The van der Waals surface area contributed by atoms with Gasteiger partial charge >= 0.3 is 12.1 Å². The Bertz CT molecular complexity index is 612. The second-order valence-electron chi connectivity index (χ2n) is 4.59. The number of aliphatic hydroxyl groups is 1. The minimum absolute atomic E-state index is 0.0663. The molecule has 22 heavy (non-hydrogen) atoms. The van der Waals surface area contributed by atoms with E-state index < -0.39 is 24.4 Å². The second-order valence-corrected chi connectivity index (χ2v) is 4.59. The van der Waals surface area contributed by atoms with E-state index in [9.17, 15) is 23.1 Å². The maximum absolute atomic E-state index is 12.8. The van der Waals surface area contributed by atoms with Crippen molar-refractivity contribution in [2.75, 3.05) is 0 Å². The van der Waals surface area contributed by atoms with Gasteiger partial charge in [-0.25, -0.2) is 4.79 Å². The highest BCUT2D eigenvalue weighted by molar-refractivity contribution is 5.89. The molecule has 6 heteroatoms. The number of ether oxygens (including phenoxy) is 1. The molecule has 0 heterocycles. The Kier molecular flexibility index (Phi) is 4.82. The zero-order valence-electron chi connectivity index (χ0n) is 11.3. The quantitative estimate of drug-likeness (QED) is 0.879. The number of halogens is 3. The summed E-state index contributed by atoms with van der Waals surface area (Å²) in [6.45, 7) is 0. The van der Waals surface area contributed by atoms with E-state index in [2.05, 4.69) is 0 Å². The van der Waals surface area contributed by atoms with Gasteiger partial charge in [-0.15, -0.1) is 0 Å². The van der Waals surface area contributed by atoms with E-state index in [4.69, 9.17) is 4.74 Å². The standard InChI is InChI=1S/C16H13F3O3/c17-16(18,19)14(20)13(11-7-3-1-4-8-11)22-15(21)12-9-5-2-6-10-12/h1-10,13-14,20H/t13-,14+/m1/s1. The number of aliphatic hydroxyl groups excluding tert-OH is 1. The van der Waals surface area contributed by atoms with Crippen LogP contribution in [0.4, 0.5) is 13.2 Å². The van der Waals surface area contributed by atoms with Crippen LogP contribution in [0.3, 0.4) is 0 Å². The summed E-state index contributed by atoms with van der Waals surface area (Å²) in [4.78, 5) is 12.0. The highest BCUT2D eigenvalue weighted by atomic mass is 19.4. The third kappa shape index (κ3) is 3.85. The maximum Gasteiger partial charge on any atom is 0.418 e. The maximum atomic E-state index is 12.8. The van der Waals surface area contributed by atoms with Gasteiger partial charge in [0.25, 0.3) is 0 Å². The number of esters is 1. The monoisotopic (exact) mass is 310 g/mol. The number of alkyl halides is 3. The Morgan fingerprint density at radius 2 is 1.45 bits per heavy atom. The van der Waals surface area contributed by atoms with Gasteiger partial charge in [-0.2, -0.15) is 13.2 Å². The fourth-order valence-corrected chi connectivity index (χ4v) is 1.89. The van der Waals surface area contributed by atoms with Crippen molar-refractivity contribution in [3.63, 3.8) is 0 Å². The molecule has 0 bridgehead atoms. The summed E-state index contributed by atoms with van der Waals surface area (Å²) in [5.41, 5.74) is 0.175. The van der Waals surface area contributed by atoms with Crippen LogP contribution in [0.15, 0.2) is 60.7 Å². The third-order valence-electron chi connectivity index (χ3n) is 2.99. The van der Waals surface area contributed by atoms with Gasteiger partial charge in [0.15, 0.2) is 12.2 Å². The number of benzene rings is 2. The number of hydrogen-bond acceptors (Lipinski definition) is 3. The molecule has 2 aromatic rings. The van der Waals surface area contributed by atoms with E-state index in [0.717, 1.165) is 0 Å². The lowest BCUT2D eigenvalue weighted by Crippen LogP contribution is -2.37. The minimum atomic E-state index is -4.91. The van der Waals surface area contributed by atoms with Crippen molar-refractivity contribution < 1.29 is 27.8 Å². The predicted octanol–water partition coefficient (Wildman–Crippen LogP) is 3.51. The molecule has 0 saturated carbocycles. The number of rotatable bonds is 4. The van der Waals surface area contributed by atoms with Gasteiger partial charge in [0, 0.05) is 0 Å². The van der Waals surface area contributed by atoms with Gasteiger partial charge in [0.1, 0.15) is 0 Å². The van der Waals surface area contributed by atoms with Crippen molar-refractivity contribution in [1.82, 2.24) is 0 Å². The van der Waals surface area contributed by atoms with E-state index in [1.165, 1.54) is 36.4 Å². The first-order valence-corrected chi connectivity index (χ1v) is 6.45. The molecule has 0 unspecified atom stereocenters. The normalized spacial score (nSPS) is 14.2. The van der Waals surface area contributed by atoms with E-state index in [1.807, 2.05) is 0 Å². The summed E-state index contributed by atoms with van der Waals surface area (Å²) in [6, 6.07) is 15.0. The molecular formula is C16H13F3O3. The lowest BCUT2D eigenvalue weighted by atomic mass is 10.0. The summed E-state index contributed by atoms with van der Waals surface area (Å²) in [6.07, 6.45) is -9.53. The molecule has 2 rings (SSSR count). The summed E-state index contributed by atoms with van der Waals surface area (Å²) in [5.74, 6) is -0.933. The molecule has 1 N–H and O–H groups in total. The lowest BCUT2D eigenvalue weighted by molar-refractivity contribution is -0.231. The van der Waals surface area contributed by atoms with Crippen LogP contribution in [0.5, 0.6) is 0 Å². The first kappa shape index (κ1) is 16.0. The van der Waals surface area contributed by atoms with Gasteiger partial charge in [-0.3, -0.25) is 0 Å². The minimum Gasteiger partial charge on any atom is -0.451 e. The fourth-order valence-electron chi connectivity index (χ4n) is 1.89. The van der Waals surface area contributed by atoms with Crippen LogP contribution in [0.25, 0.3) is 0 Å². The predicted molar refractivity (Wildman–Crippen MR) is 73.1 cm³/mol. The first-order chi connectivity index (χ1) is 10.4. The molecule has 0 saturated heterocycles. The van der Waals surface area contributed by atoms with Crippen LogP contribution in [0.1, 0.15) is 22.0 Å². The van der Waals surface area contributed by atoms with Crippen molar-refractivity contribution in [2.24, 2.45) is 0 Å². The largest absolute Gasteiger partial charge is 0.451 e. The molecule has 0 aliphatic rings. The second kappa shape index (κ2) is 6.62. The van der Waals surface area contributed by atoms with Crippen molar-refractivity contribution in [2.45, 2.75) is 18.4 Å². The zero-order chi connectivity index (χ0) is 16.2. The highest BCUT2D eigenvalue weighted by Gasteiger charge is 2.46. The van der Waals surface area contributed by atoms with Crippen molar-refractivity contribution >= 4 is 5.97 Å². The van der Waals surface area contributed by atoms with Gasteiger partial charge in [-0.05, 0) is 17.7 Å². The molecule has 0 aromatic heterocycles. The Labute approximate surface area is 125 Å². The van der Waals surface area contributed by atoms with Gasteiger partial charge in [0.05, 0.1) is 5.56 Å². The molecule has 0 fully saturated rings. The molecule has 0 aliphatic carbocycles. The molecule has 0 radical (unpaired) electrons. The third-order valence-corrected chi connectivity index (χ3v) is 2.99. The van der Waals surface area contributed by atoms with Gasteiger partial charge < -0.3 is 9.84 Å². The van der Waals surface area contributed by atoms with E-state index in [-0.39, 0.29) is 11.1 Å². The van der Waals surface area contributed by atoms with E-state index in [0.29, 0.717) is 0 Å². The average Bonchev–Trinajstić information content (AvgIpc) is 2.52. The highest BCUT2D eigenvalue weighted by Crippen LogP contribution is 2.33. The fraction of sp³-hybridized carbons (Fsp3) is 0.188. The van der Waals surface area contributed by atoms with Crippen molar-refractivity contribution in [3.05, 3.63) is 71.8 Å². The van der Waals surface area contributed by atoms with Crippen molar-refractivity contribution in [3.8, 4) is 0 Å². The number of hydrogen-bond donors (Lipinski definition) is 1. The topological polar surface area (TPSA) is 46.5 Å². The molecule has 0 spiro atoms. The molecule has 2 aromatic carbocycles. The number of carbonyl (C=O) groups is 1. The Morgan fingerprint density at radius 1 is 0.955 bits per heavy atom. The molecule has 0 aliphatic heterocycles. The van der Waals surface area contributed by atoms with Gasteiger partial charge in [0.2, 0.25) is 0 Å². The summed E-state index contributed by atoms with van der Waals surface area (Å²) >= 11 is 0. The van der Waals surface area contributed by atoms with Crippen LogP contribution in [0.2, 0.25) is 0 Å². The van der Waals surface area contributed by atoms with Gasteiger partial charge in [-0.1, -0.05) is 48.5 Å². The summed E-state index contributed by atoms with van der Waals surface area (Å²) in [7, 11) is 0. The zero-order valence-corrected chi connectivity index (χ0v) is 11.3. The summed E-state index contributed by atoms with van der Waals surface area (Å²) < 4.78 is 43.3. The smallest absolute Gasteiger partial charge is 0.418 e. The first-order valence-electron chi connectivity index (χ1n) is 6.45. The van der Waals surface area contributed by atoms with Crippen LogP contribution in [0, 0.1) is 0 Å². The van der Waals surface area contributed by atoms with Crippen LogP contribution in [-0.4, -0.2) is 23.4 Å². The molecular weight excluding hydrogens is 297 g/mol. The Balaban J connectivity index is 2.28. The van der Waals surface area contributed by atoms with Crippen LogP contribution >= 0.6 is 0 Å². The molecule has 116 valence electrons. The van der Waals surface area contributed by atoms with Crippen LogP contribution < -0.4 is 0 Å². The van der Waals surface area contributed by atoms with Crippen molar-refractivity contribution in [1.29, 1.82) is 0 Å². The molecule has 2 atom stereocenters. The van der Waals surface area contributed by atoms with E-state index >= 15 is 0 Å². The average molecular weight is 310 g/mol. The molecule has 0 amide bonds. The SMILES string of the molecule is O=C(O[C@H](c1ccccc1)[C@H](O)C(F)(F)F)c1ccccc1. The Morgan fingerprint density at radius 3 is 1.95 bits per heavy atom. The summed E-state index contributed by atoms with van der Waals surface area (Å²) in [5, 5.41) is 9.49.